The molecule has 1 aliphatic heterocycles. The summed E-state index contributed by atoms with van der Waals surface area (Å²) in [7, 11) is 0. The van der Waals surface area contributed by atoms with Crippen molar-refractivity contribution < 1.29 is 4.74 Å². The summed E-state index contributed by atoms with van der Waals surface area (Å²) in [5.74, 6) is 0.742. The van der Waals surface area contributed by atoms with Gasteiger partial charge in [0.2, 0.25) is 0 Å². The van der Waals surface area contributed by atoms with Gasteiger partial charge in [-0.15, -0.1) is 0 Å². The van der Waals surface area contributed by atoms with E-state index in [4.69, 9.17) is 4.74 Å². The lowest BCUT2D eigenvalue weighted by atomic mass is 9.57. The number of fused-ring (bicyclic) bond motifs is 1. The molecule has 1 saturated carbocycles. The first-order valence-electron chi connectivity index (χ1n) is 7.50. The van der Waals surface area contributed by atoms with Gasteiger partial charge in [0, 0.05) is 24.0 Å². The van der Waals surface area contributed by atoms with Crippen molar-refractivity contribution in [1.82, 2.24) is 5.32 Å². The number of aryl methyl sites for hydroxylation is 1. The van der Waals surface area contributed by atoms with E-state index in [1.165, 1.54) is 17.5 Å². The third-order valence-corrected chi connectivity index (χ3v) is 5.12. The van der Waals surface area contributed by atoms with Crippen LogP contribution in [-0.2, 0) is 11.2 Å². The Morgan fingerprint density at radius 3 is 2.89 bits per heavy atom. The molecule has 1 aromatic carbocycles. The van der Waals surface area contributed by atoms with Crippen molar-refractivity contribution in [3.05, 3.63) is 35.4 Å². The highest BCUT2D eigenvalue weighted by Gasteiger charge is 2.58. The van der Waals surface area contributed by atoms with Crippen molar-refractivity contribution >= 4 is 0 Å². The topological polar surface area (TPSA) is 21.3 Å². The zero-order valence-electron chi connectivity index (χ0n) is 12.3. The van der Waals surface area contributed by atoms with Gasteiger partial charge >= 0.3 is 0 Å². The highest BCUT2D eigenvalue weighted by molar-refractivity contribution is 5.25. The van der Waals surface area contributed by atoms with Crippen LogP contribution >= 0.6 is 0 Å². The van der Waals surface area contributed by atoms with Crippen molar-refractivity contribution in [3.8, 4) is 0 Å². The summed E-state index contributed by atoms with van der Waals surface area (Å²) in [5.41, 5.74) is 3.16. The van der Waals surface area contributed by atoms with E-state index in [0.717, 1.165) is 25.5 Å². The average molecular weight is 259 g/mol. The molecule has 0 aromatic heterocycles. The van der Waals surface area contributed by atoms with Crippen LogP contribution in [0.5, 0.6) is 0 Å². The van der Waals surface area contributed by atoms with Gasteiger partial charge in [0.05, 0.1) is 6.10 Å². The van der Waals surface area contributed by atoms with E-state index in [0.29, 0.717) is 17.6 Å². The van der Waals surface area contributed by atoms with Gasteiger partial charge in [-0.05, 0) is 37.4 Å². The van der Waals surface area contributed by atoms with Gasteiger partial charge in [0.1, 0.15) is 0 Å². The molecule has 2 aliphatic rings. The maximum Gasteiger partial charge on any atom is 0.0685 e. The van der Waals surface area contributed by atoms with Gasteiger partial charge in [-0.2, -0.15) is 0 Å². The lowest BCUT2D eigenvalue weighted by molar-refractivity contribution is -0.112. The van der Waals surface area contributed by atoms with E-state index in [1.807, 2.05) is 0 Å². The molecule has 1 aliphatic carbocycles. The third kappa shape index (κ3) is 2.21. The summed E-state index contributed by atoms with van der Waals surface area (Å²) in [6.07, 6.45) is 2.84. The molecule has 3 atom stereocenters. The monoisotopic (exact) mass is 259 g/mol. The van der Waals surface area contributed by atoms with Crippen LogP contribution in [-0.4, -0.2) is 25.3 Å². The Bertz CT molecular complexity index is 454. The largest absolute Gasteiger partial charge is 0.377 e. The third-order valence-electron chi connectivity index (χ3n) is 5.12. The highest BCUT2D eigenvalue weighted by atomic mass is 16.5. The molecule has 0 radical (unpaired) electrons. The van der Waals surface area contributed by atoms with Gasteiger partial charge in [-0.3, -0.25) is 0 Å². The minimum absolute atomic E-state index is 0.299. The summed E-state index contributed by atoms with van der Waals surface area (Å²) >= 11 is 0. The molecule has 0 spiro atoms. The molecule has 1 heterocycles. The van der Waals surface area contributed by atoms with Gasteiger partial charge in [0.15, 0.2) is 0 Å². The minimum Gasteiger partial charge on any atom is -0.377 e. The van der Waals surface area contributed by atoms with Gasteiger partial charge < -0.3 is 10.1 Å². The van der Waals surface area contributed by atoms with Crippen LogP contribution in [0.2, 0.25) is 0 Å². The van der Waals surface area contributed by atoms with Crippen molar-refractivity contribution in [1.29, 1.82) is 0 Å². The lowest BCUT2D eigenvalue weighted by Crippen LogP contribution is -2.66. The molecule has 2 heteroatoms. The molecule has 2 fully saturated rings. The molecule has 104 valence electrons. The Kier molecular flexibility index (Phi) is 3.40. The fraction of sp³-hybridized carbons (Fsp3) is 0.647. The predicted octanol–water partition coefficient (Wildman–Crippen LogP) is 2.94. The highest BCUT2D eigenvalue weighted by Crippen LogP contribution is 2.51. The Labute approximate surface area is 116 Å². The van der Waals surface area contributed by atoms with Crippen LogP contribution in [0.15, 0.2) is 24.3 Å². The number of ether oxygens (including phenoxy) is 1. The van der Waals surface area contributed by atoms with E-state index in [9.17, 15) is 0 Å². The first kappa shape index (κ1) is 13.1. The van der Waals surface area contributed by atoms with Crippen molar-refractivity contribution in [2.24, 2.45) is 11.3 Å². The van der Waals surface area contributed by atoms with Crippen LogP contribution in [0, 0.1) is 18.3 Å². The number of hydrogen-bond donors (Lipinski definition) is 1. The standard InChI is InChI=1S/C17H25NO/c1-12-6-4-5-7-13(12)8-10-18-15-14-9-11-19-16(14)17(15,2)3/h4-7,14-16,18H,8-11H2,1-3H3. The van der Waals surface area contributed by atoms with Crippen molar-refractivity contribution in [2.75, 3.05) is 13.2 Å². The summed E-state index contributed by atoms with van der Waals surface area (Å²) in [5, 5.41) is 3.78. The van der Waals surface area contributed by atoms with E-state index < -0.39 is 0 Å². The van der Waals surface area contributed by atoms with Crippen LogP contribution in [0.3, 0.4) is 0 Å². The Morgan fingerprint density at radius 1 is 1.32 bits per heavy atom. The van der Waals surface area contributed by atoms with Crippen LogP contribution in [0.4, 0.5) is 0 Å². The number of rotatable bonds is 4. The molecule has 0 amide bonds. The Morgan fingerprint density at radius 2 is 2.11 bits per heavy atom. The van der Waals surface area contributed by atoms with Gasteiger partial charge in [-0.25, -0.2) is 0 Å². The van der Waals surface area contributed by atoms with E-state index in [-0.39, 0.29) is 0 Å². The molecule has 19 heavy (non-hydrogen) atoms. The van der Waals surface area contributed by atoms with E-state index in [2.05, 4.69) is 50.4 Å². The number of benzene rings is 1. The van der Waals surface area contributed by atoms with Gasteiger partial charge in [-0.1, -0.05) is 38.1 Å². The maximum atomic E-state index is 5.84. The SMILES string of the molecule is Cc1ccccc1CCNC1C2CCOC2C1(C)C. The summed E-state index contributed by atoms with van der Waals surface area (Å²) in [4.78, 5) is 0. The Balaban J connectivity index is 1.55. The van der Waals surface area contributed by atoms with Crippen molar-refractivity contribution in [2.45, 2.75) is 45.8 Å². The average Bonchev–Trinajstić information content (AvgIpc) is 2.83. The quantitative estimate of drug-likeness (QED) is 0.897. The molecule has 1 saturated heterocycles. The summed E-state index contributed by atoms with van der Waals surface area (Å²) in [6.45, 7) is 8.90. The second-order valence-electron chi connectivity index (χ2n) is 6.67. The van der Waals surface area contributed by atoms with E-state index >= 15 is 0 Å². The first-order chi connectivity index (χ1) is 9.10. The maximum absolute atomic E-state index is 5.84. The fourth-order valence-corrected chi connectivity index (χ4v) is 3.99. The first-order valence-corrected chi connectivity index (χ1v) is 7.50. The Hall–Kier alpha value is -0.860. The fourth-order valence-electron chi connectivity index (χ4n) is 3.99. The zero-order valence-corrected chi connectivity index (χ0v) is 12.3. The second kappa shape index (κ2) is 4.92. The number of hydrogen-bond acceptors (Lipinski definition) is 2. The van der Waals surface area contributed by atoms with Crippen LogP contribution in [0.1, 0.15) is 31.4 Å². The van der Waals surface area contributed by atoms with Crippen LogP contribution in [0.25, 0.3) is 0 Å². The molecule has 3 unspecified atom stereocenters. The molecule has 1 aromatic rings. The van der Waals surface area contributed by atoms with Crippen LogP contribution < -0.4 is 5.32 Å². The molecule has 3 rings (SSSR count). The van der Waals surface area contributed by atoms with E-state index in [1.54, 1.807) is 0 Å². The molecule has 1 N–H and O–H groups in total. The molecule has 2 nitrogen and oxygen atoms in total. The summed E-state index contributed by atoms with van der Waals surface area (Å²) < 4.78 is 5.84. The van der Waals surface area contributed by atoms with Gasteiger partial charge in [0.25, 0.3) is 0 Å². The smallest absolute Gasteiger partial charge is 0.0685 e. The number of nitrogens with one attached hydrogen (secondary N) is 1. The molecule has 0 bridgehead atoms. The zero-order chi connectivity index (χ0) is 13.5. The second-order valence-corrected chi connectivity index (χ2v) is 6.67. The molecular formula is C17H25NO. The minimum atomic E-state index is 0.299. The van der Waals surface area contributed by atoms with Crippen molar-refractivity contribution in [3.63, 3.8) is 0 Å². The normalized spacial score (nSPS) is 31.8. The summed E-state index contributed by atoms with van der Waals surface area (Å²) in [6, 6.07) is 9.32. The molecular weight excluding hydrogens is 234 g/mol. The lowest BCUT2D eigenvalue weighted by Gasteiger charge is -2.55. The predicted molar refractivity (Wildman–Crippen MR) is 78.3 cm³/mol.